The lowest BCUT2D eigenvalue weighted by atomic mass is 10.0. The summed E-state index contributed by atoms with van der Waals surface area (Å²) in [6.45, 7) is 0.416. The third kappa shape index (κ3) is 4.17. The Hall–Kier alpha value is -2.66. The quantitative estimate of drug-likeness (QED) is 0.741. The van der Waals surface area contributed by atoms with E-state index in [4.69, 9.17) is 11.5 Å². The zero-order chi connectivity index (χ0) is 15.9. The Balaban J connectivity index is 2.06. The second-order valence-corrected chi connectivity index (χ2v) is 5.02. The standard InChI is InChI=1S/C17H19N3O2/c18-11-13-6-8-14(9-7-13)17(22)20-15(16(19)21)10-12-4-2-1-3-5-12/h1-9,15H,10-11,18H2,(H2,19,21)(H,20,22)/t15-/m0/s1. The van der Waals surface area contributed by atoms with Gasteiger partial charge in [-0.25, -0.2) is 0 Å². The molecule has 0 aliphatic heterocycles. The second kappa shape index (κ2) is 7.38. The van der Waals surface area contributed by atoms with Crippen LogP contribution in [0, 0.1) is 0 Å². The van der Waals surface area contributed by atoms with Gasteiger partial charge in [0.05, 0.1) is 0 Å². The zero-order valence-corrected chi connectivity index (χ0v) is 12.2. The summed E-state index contributed by atoms with van der Waals surface area (Å²) in [5, 5.41) is 2.67. The van der Waals surface area contributed by atoms with Crippen LogP contribution in [0.1, 0.15) is 21.5 Å². The minimum atomic E-state index is -0.746. The van der Waals surface area contributed by atoms with E-state index in [-0.39, 0.29) is 5.91 Å². The van der Waals surface area contributed by atoms with Gasteiger partial charge in [0.25, 0.3) is 5.91 Å². The van der Waals surface area contributed by atoms with Gasteiger partial charge in [0.2, 0.25) is 5.91 Å². The summed E-state index contributed by atoms with van der Waals surface area (Å²) in [6.07, 6.45) is 0.364. The molecular weight excluding hydrogens is 278 g/mol. The van der Waals surface area contributed by atoms with Crippen LogP contribution in [0.3, 0.4) is 0 Å². The number of carbonyl (C=O) groups is 2. The van der Waals surface area contributed by atoms with Crippen molar-refractivity contribution in [3.05, 3.63) is 71.3 Å². The third-order valence-corrected chi connectivity index (χ3v) is 3.38. The molecular formula is C17H19N3O2. The van der Waals surface area contributed by atoms with Crippen LogP contribution >= 0.6 is 0 Å². The normalized spacial score (nSPS) is 11.7. The summed E-state index contributed by atoms with van der Waals surface area (Å²) in [4.78, 5) is 23.8. The smallest absolute Gasteiger partial charge is 0.251 e. The van der Waals surface area contributed by atoms with Crippen LogP contribution in [0.5, 0.6) is 0 Å². The van der Waals surface area contributed by atoms with E-state index in [2.05, 4.69) is 5.32 Å². The van der Waals surface area contributed by atoms with Crippen LogP contribution in [0.4, 0.5) is 0 Å². The molecule has 0 aliphatic carbocycles. The molecule has 1 atom stereocenters. The highest BCUT2D eigenvalue weighted by Gasteiger charge is 2.19. The average molecular weight is 297 g/mol. The number of nitrogens with two attached hydrogens (primary N) is 2. The third-order valence-electron chi connectivity index (χ3n) is 3.38. The minimum Gasteiger partial charge on any atom is -0.368 e. The first kappa shape index (κ1) is 15.7. The summed E-state index contributed by atoms with van der Waals surface area (Å²) in [5.41, 5.74) is 13.2. The Labute approximate surface area is 129 Å². The molecule has 0 unspecified atom stereocenters. The van der Waals surface area contributed by atoms with Gasteiger partial charge in [0.15, 0.2) is 0 Å². The van der Waals surface area contributed by atoms with Crippen molar-refractivity contribution in [2.75, 3.05) is 0 Å². The summed E-state index contributed by atoms with van der Waals surface area (Å²) in [6, 6.07) is 15.6. The van der Waals surface area contributed by atoms with Gasteiger partial charge in [-0.3, -0.25) is 9.59 Å². The van der Waals surface area contributed by atoms with Crippen molar-refractivity contribution < 1.29 is 9.59 Å². The van der Waals surface area contributed by atoms with E-state index < -0.39 is 11.9 Å². The predicted octanol–water partition coefficient (Wildman–Crippen LogP) is 0.972. The Kier molecular flexibility index (Phi) is 5.27. The monoisotopic (exact) mass is 297 g/mol. The van der Waals surface area contributed by atoms with Crippen molar-refractivity contribution >= 4 is 11.8 Å². The van der Waals surface area contributed by atoms with Gasteiger partial charge in [0, 0.05) is 18.5 Å². The van der Waals surface area contributed by atoms with E-state index in [1.807, 2.05) is 30.3 Å². The summed E-state index contributed by atoms with van der Waals surface area (Å²) in [5.74, 6) is -0.890. The van der Waals surface area contributed by atoms with E-state index in [0.717, 1.165) is 11.1 Å². The fourth-order valence-electron chi connectivity index (χ4n) is 2.11. The Morgan fingerprint density at radius 1 is 0.955 bits per heavy atom. The number of primary amides is 1. The average Bonchev–Trinajstić information content (AvgIpc) is 2.55. The minimum absolute atomic E-state index is 0.330. The molecule has 5 N–H and O–H groups in total. The first-order valence-corrected chi connectivity index (χ1v) is 7.03. The molecule has 0 bridgehead atoms. The molecule has 0 spiro atoms. The molecule has 22 heavy (non-hydrogen) atoms. The summed E-state index contributed by atoms with van der Waals surface area (Å²) in [7, 11) is 0. The lowest BCUT2D eigenvalue weighted by Crippen LogP contribution is -2.45. The fourth-order valence-corrected chi connectivity index (χ4v) is 2.11. The molecule has 5 nitrogen and oxygen atoms in total. The van der Waals surface area contributed by atoms with Gasteiger partial charge in [-0.2, -0.15) is 0 Å². The number of benzene rings is 2. The van der Waals surface area contributed by atoms with Gasteiger partial charge in [0.1, 0.15) is 6.04 Å². The van der Waals surface area contributed by atoms with E-state index in [1.54, 1.807) is 24.3 Å². The highest BCUT2D eigenvalue weighted by atomic mass is 16.2. The Bertz CT molecular complexity index is 639. The molecule has 114 valence electrons. The highest BCUT2D eigenvalue weighted by Crippen LogP contribution is 2.07. The van der Waals surface area contributed by atoms with Gasteiger partial charge in [-0.1, -0.05) is 42.5 Å². The molecule has 0 radical (unpaired) electrons. The number of rotatable bonds is 6. The molecule has 2 aromatic rings. The number of hydrogen-bond acceptors (Lipinski definition) is 3. The molecule has 0 heterocycles. The number of hydrogen-bond donors (Lipinski definition) is 3. The molecule has 0 saturated carbocycles. The van der Waals surface area contributed by atoms with Gasteiger partial charge in [-0.15, -0.1) is 0 Å². The number of nitrogens with one attached hydrogen (secondary N) is 1. The first-order chi connectivity index (χ1) is 10.6. The van der Waals surface area contributed by atoms with Crippen LogP contribution < -0.4 is 16.8 Å². The molecule has 2 aromatic carbocycles. The number of amides is 2. The van der Waals surface area contributed by atoms with Crippen molar-refractivity contribution in [1.82, 2.24) is 5.32 Å². The van der Waals surface area contributed by atoms with Crippen LogP contribution in [0.15, 0.2) is 54.6 Å². The van der Waals surface area contributed by atoms with Crippen LogP contribution in [-0.2, 0) is 17.8 Å². The Morgan fingerprint density at radius 3 is 2.14 bits per heavy atom. The predicted molar refractivity (Wildman–Crippen MR) is 84.9 cm³/mol. The van der Waals surface area contributed by atoms with Crippen molar-refractivity contribution in [1.29, 1.82) is 0 Å². The summed E-state index contributed by atoms with van der Waals surface area (Å²) >= 11 is 0. The topological polar surface area (TPSA) is 98.2 Å². The van der Waals surface area contributed by atoms with Gasteiger partial charge in [-0.05, 0) is 23.3 Å². The largest absolute Gasteiger partial charge is 0.368 e. The van der Waals surface area contributed by atoms with Crippen molar-refractivity contribution in [2.24, 2.45) is 11.5 Å². The molecule has 0 aliphatic rings. The lowest BCUT2D eigenvalue weighted by molar-refractivity contribution is -0.119. The first-order valence-electron chi connectivity index (χ1n) is 7.03. The maximum Gasteiger partial charge on any atom is 0.251 e. The summed E-state index contributed by atoms with van der Waals surface area (Å²) < 4.78 is 0. The van der Waals surface area contributed by atoms with E-state index >= 15 is 0 Å². The molecule has 2 rings (SSSR count). The molecule has 5 heteroatoms. The molecule has 0 saturated heterocycles. The fraction of sp³-hybridized carbons (Fsp3) is 0.176. The SMILES string of the molecule is NCc1ccc(C(=O)N[C@@H](Cc2ccccc2)C(N)=O)cc1. The van der Waals surface area contributed by atoms with Crippen molar-refractivity contribution in [2.45, 2.75) is 19.0 Å². The van der Waals surface area contributed by atoms with E-state index in [0.29, 0.717) is 18.5 Å². The van der Waals surface area contributed by atoms with E-state index in [1.165, 1.54) is 0 Å². The maximum absolute atomic E-state index is 12.2. The van der Waals surface area contributed by atoms with Crippen molar-refractivity contribution in [3.8, 4) is 0 Å². The number of carbonyl (C=O) groups excluding carboxylic acids is 2. The molecule has 0 fully saturated rings. The lowest BCUT2D eigenvalue weighted by Gasteiger charge is -2.15. The van der Waals surface area contributed by atoms with E-state index in [9.17, 15) is 9.59 Å². The van der Waals surface area contributed by atoms with Crippen LogP contribution in [0.2, 0.25) is 0 Å². The second-order valence-electron chi connectivity index (χ2n) is 5.02. The highest BCUT2D eigenvalue weighted by molar-refractivity contribution is 5.97. The van der Waals surface area contributed by atoms with Gasteiger partial charge >= 0.3 is 0 Å². The van der Waals surface area contributed by atoms with Gasteiger partial charge < -0.3 is 16.8 Å². The van der Waals surface area contributed by atoms with Crippen LogP contribution in [0.25, 0.3) is 0 Å². The maximum atomic E-state index is 12.2. The zero-order valence-electron chi connectivity index (χ0n) is 12.2. The van der Waals surface area contributed by atoms with Crippen molar-refractivity contribution in [3.63, 3.8) is 0 Å². The molecule has 0 aromatic heterocycles. The molecule has 2 amide bonds. The Morgan fingerprint density at radius 2 is 1.59 bits per heavy atom. The van der Waals surface area contributed by atoms with Crippen LogP contribution in [-0.4, -0.2) is 17.9 Å².